The van der Waals surface area contributed by atoms with Gasteiger partial charge in [0.2, 0.25) is 0 Å². The summed E-state index contributed by atoms with van der Waals surface area (Å²) in [6.45, 7) is 5.08. The van der Waals surface area contributed by atoms with Crippen molar-refractivity contribution in [2.24, 2.45) is 0 Å². The van der Waals surface area contributed by atoms with Gasteiger partial charge in [-0.1, -0.05) is 23.2 Å². The van der Waals surface area contributed by atoms with Crippen molar-refractivity contribution in [2.45, 2.75) is 25.3 Å². The first-order valence-corrected chi connectivity index (χ1v) is 12.0. The molecule has 3 aromatic rings. The van der Waals surface area contributed by atoms with Crippen LogP contribution in [0.4, 0.5) is 11.4 Å². The van der Waals surface area contributed by atoms with E-state index in [4.69, 9.17) is 23.2 Å². The standard InChI is InChI=1S/C25H24Cl2N4O/c26-20-4-3-17(12-21(20)27)25(32)31-9-6-16-13-22-19(14-24(16)31)23(5-7-28-22)30-11-10-29-8-1-2-18(29)15-30/h3-5,7,12-14,18H,1-2,6,8-11,15H2. The highest BCUT2D eigenvalue weighted by molar-refractivity contribution is 6.42. The van der Waals surface area contributed by atoms with Gasteiger partial charge in [-0.2, -0.15) is 0 Å². The van der Waals surface area contributed by atoms with E-state index in [9.17, 15) is 4.79 Å². The molecule has 32 heavy (non-hydrogen) atoms. The van der Waals surface area contributed by atoms with E-state index in [1.54, 1.807) is 18.2 Å². The Bertz CT molecular complexity index is 1230. The van der Waals surface area contributed by atoms with Gasteiger partial charge >= 0.3 is 0 Å². The van der Waals surface area contributed by atoms with Crippen LogP contribution in [0.1, 0.15) is 28.8 Å². The highest BCUT2D eigenvalue weighted by Gasteiger charge is 2.32. The summed E-state index contributed by atoms with van der Waals surface area (Å²) in [6.07, 6.45) is 5.32. The quantitative estimate of drug-likeness (QED) is 0.530. The van der Waals surface area contributed by atoms with Crippen LogP contribution in [0.5, 0.6) is 0 Å². The lowest BCUT2D eigenvalue weighted by Gasteiger charge is -2.39. The summed E-state index contributed by atoms with van der Waals surface area (Å²) >= 11 is 12.2. The van der Waals surface area contributed by atoms with Crippen molar-refractivity contribution in [3.8, 4) is 0 Å². The molecule has 0 N–H and O–H groups in total. The van der Waals surface area contributed by atoms with Crippen LogP contribution in [0.2, 0.25) is 10.0 Å². The predicted octanol–water partition coefficient (Wildman–Crippen LogP) is 5.03. The fraction of sp³-hybridized carbons (Fsp3) is 0.360. The number of aromatic nitrogens is 1. The van der Waals surface area contributed by atoms with Gasteiger partial charge in [0.15, 0.2) is 0 Å². The van der Waals surface area contributed by atoms with Gasteiger partial charge in [0.25, 0.3) is 5.91 Å². The molecule has 1 atom stereocenters. The van der Waals surface area contributed by atoms with E-state index in [1.807, 2.05) is 11.1 Å². The molecular formula is C25H24Cl2N4O. The molecule has 2 fully saturated rings. The molecule has 0 saturated carbocycles. The largest absolute Gasteiger partial charge is 0.368 e. The van der Waals surface area contributed by atoms with Gasteiger partial charge in [-0.3, -0.25) is 14.7 Å². The topological polar surface area (TPSA) is 39.7 Å². The Morgan fingerprint density at radius 1 is 0.969 bits per heavy atom. The van der Waals surface area contributed by atoms with Crippen LogP contribution < -0.4 is 9.80 Å². The molecule has 1 amide bonds. The third kappa shape index (κ3) is 3.35. The molecule has 2 aromatic carbocycles. The molecule has 3 aliphatic heterocycles. The molecule has 164 valence electrons. The summed E-state index contributed by atoms with van der Waals surface area (Å²) in [5.74, 6) is -0.0494. The number of hydrogen-bond acceptors (Lipinski definition) is 4. The Labute approximate surface area is 197 Å². The van der Waals surface area contributed by atoms with E-state index >= 15 is 0 Å². The average Bonchev–Trinajstić information content (AvgIpc) is 3.44. The summed E-state index contributed by atoms with van der Waals surface area (Å²) in [4.78, 5) is 25.0. The van der Waals surface area contributed by atoms with Gasteiger partial charge in [-0.15, -0.1) is 0 Å². The van der Waals surface area contributed by atoms with E-state index in [-0.39, 0.29) is 5.91 Å². The SMILES string of the molecule is O=C(c1ccc(Cl)c(Cl)c1)N1CCc2cc3nccc(N4CCN5CCCC5C4)c3cc21. The molecule has 7 heteroatoms. The minimum atomic E-state index is -0.0494. The zero-order valence-electron chi connectivity index (χ0n) is 17.7. The Kier molecular flexibility index (Phi) is 5.01. The summed E-state index contributed by atoms with van der Waals surface area (Å²) in [7, 11) is 0. The average molecular weight is 467 g/mol. The minimum absolute atomic E-state index is 0.0494. The predicted molar refractivity (Wildman–Crippen MR) is 130 cm³/mol. The number of nitrogens with zero attached hydrogens (tertiary/aromatic N) is 4. The van der Waals surface area contributed by atoms with Gasteiger partial charge < -0.3 is 9.80 Å². The lowest BCUT2D eigenvalue weighted by atomic mass is 10.1. The monoisotopic (exact) mass is 466 g/mol. The number of halogens is 2. The number of anilines is 2. The van der Waals surface area contributed by atoms with Gasteiger partial charge in [-0.25, -0.2) is 0 Å². The van der Waals surface area contributed by atoms with E-state index < -0.39 is 0 Å². The normalized spacial score (nSPS) is 20.6. The first-order chi connectivity index (χ1) is 15.6. The lowest BCUT2D eigenvalue weighted by molar-refractivity contribution is 0.0989. The third-order valence-electron chi connectivity index (χ3n) is 7.15. The van der Waals surface area contributed by atoms with E-state index in [2.05, 4.69) is 33.0 Å². The van der Waals surface area contributed by atoms with Gasteiger partial charge in [0.05, 0.1) is 15.6 Å². The molecule has 0 radical (unpaired) electrons. The summed E-state index contributed by atoms with van der Waals surface area (Å²) in [6, 6.07) is 12.2. The Balaban J connectivity index is 1.37. The first kappa shape index (κ1) is 20.3. The Morgan fingerprint density at radius 3 is 2.75 bits per heavy atom. The number of fused-ring (bicyclic) bond motifs is 3. The van der Waals surface area contributed by atoms with Crippen molar-refractivity contribution < 1.29 is 4.79 Å². The maximum absolute atomic E-state index is 13.3. The number of benzene rings is 2. The molecule has 3 aliphatic rings. The highest BCUT2D eigenvalue weighted by Crippen LogP contribution is 2.37. The van der Waals surface area contributed by atoms with Crippen molar-refractivity contribution in [1.29, 1.82) is 0 Å². The van der Waals surface area contributed by atoms with Gasteiger partial charge in [0, 0.05) is 60.7 Å². The van der Waals surface area contributed by atoms with Crippen molar-refractivity contribution in [3.63, 3.8) is 0 Å². The number of rotatable bonds is 2. The van der Waals surface area contributed by atoms with Crippen LogP contribution in [0, 0.1) is 0 Å². The molecule has 0 bridgehead atoms. The van der Waals surface area contributed by atoms with Crippen LogP contribution >= 0.6 is 23.2 Å². The van der Waals surface area contributed by atoms with Crippen molar-refractivity contribution in [2.75, 3.05) is 42.5 Å². The fourth-order valence-corrected chi connectivity index (χ4v) is 5.79. The lowest BCUT2D eigenvalue weighted by Crippen LogP contribution is -2.50. The minimum Gasteiger partial charge on any atom is -0.368 e. The molecule has 6 rings (SSSR count). The summed E-state index contributed by atoms with van der Waals surface area (Å²) < 4.78 is 0. The number of carbonyl (C=O) groups excluding carboxylic acids is 1. The Hall–Kier alpha value is -2.34. The molecule has 0 aliphatic carbocycles. The van der Waals surface area contributed by atoms with Gasteiger partial charge in [0.1, 0.15) is 0 Å². The summed E-state index contributed by atoms with van der Waals surface area (Å²) in [5, 5.41) is 1.97. The number of pyridine rings is 1. The molecular weight excluding hydrogens is 443 g/mol. The van der Waals surface area contributed by atoms with E-state index in [0.717, 1.165) is 48.2 Å². The zero-order valence-corrected chi connectivity index (χ0v) is 19.2. The van der Waals surface area contributed by atoms with Crippen LogP contribution in [-0.2, 0) is 6.42 Å². The fourth-order valence-electron chi connectivity index (χ4n) is 5.50. The van der Waals surface area contributed by atoms with Crippen LogP contribution in [0.15, 0.2) is 42.6 Å². The van der Waals surface area contributed by atoms with Crippen LogP contribution in [0.3, 0.4) is 0 Å². The summed E-state index contributed by atoms with van der Waals surface area (Å²) in [5.41, 5.74) is 4.91. The molecule has 1 unspecified atom stereocenters. The second-order valence-electron chi connectivity index (χ2n) is 8.94. The van der Waals surface area contributed by atoms with E-state index in [0.29, 0.717) is 28.2 Å². The molecule has 1 aromatic heterocycles. The van der Waals surface area contributed by atoms with Crippen molar-refractivity contribution in [3.05, 3.63) is 63.8 Å². The number of carbonyl (C=O) groups is 1. The smallest absolute Gasteiger partial charge is 0.258 e. The van der Waals surface area contributed by atoms with Crippen molar-refractivity contribution >= 4 is 51.4 Å². The van der Waals surface area contributed by atoms with Gasteiger partial charge in [-0.05, 0) is 67.8 Å². The zero-order chi connectivity index (χ0) is 21.8. The van der Waals surface area contributed by atoms with E-state index in [1.165, 1.54) is 25.1 Å². The highest BCUT2D eigenvalue weighted by atomic mass is 35.5. The van der Waals surface area contributed by atoms with Crippen LogP contribution in [-0.4, -0.2) is 54.6 Å². The second-order valence-corrected chi connectivity index (χ2v) is 9.76. The second kappa shape index (κ2) is 7.91. The number of hydrogen-bond donors (Lipinski definition) is 0. The van der Waals surface area contributed by atoms with Crippen molar-refractivity contribution in [1.82, 2.24) is 9.88 Å². The molecule has 0 spiro atoms. The maximum Gasteiger partial charge on any atom is 0.258 e. The number of amides is 1. The molecule has 2 saturated heterocycles. The van der Waals surface area contributed by atoms with Crippen LogP contribution in [0.25, 0.3) is 10.9 Å². The molecule has 5 nitrogen and oxygen atoms in total. The third-order valence-corrected chi connectivity index (χ3v) is 7.89. The molecule has 4 heterocycles. The Morgan fingerprint density at radius 2 is 1.88 bits per heavy atom. The maximum atomic E-state index is 13.3. The first-order valence-electron chi connectivity index (χ1n) is 11.3. The number of piperazine rings is 1.